The predicted molar refractivity (Wildman–Crippen MR) is 96.6 cm³/mol. The second kappa shape index (κ2) is 9.10. The Bertz CT molecular complexity index is 673. The van der Waals surface area contributed by atoms with Gasteiger partial charge in [0.1, 0.15) is 25.7 Å². The first-order valence-corrected chi connectivity index (χ1v) is 9.43. The van der Waals surface area contributed by atoms with Gasteiger partial charge in [-0.1, -0.05) is 17.8 Å². The van der Waals surface area contributed by atoms with Gasteiger partial charge in [0.25, 0.3) is 0 Å². The van der Waals surface area contributed by atoms with Gasteiger partial charge < -0.3 is 14.7 Å². The van der Waals surface area contributed by atoms with E-state index in [2.05, 4.69) is 21.8 Å². The minimum atomic E-state index is -0.378. The van der Waals surface area contributed by atoms with Crippen LogP contribution in [0.4, 0.5) is 0 Å². The van der Waals surface area contributed by atoms with Crippen LogP contribution in [-0.4, -0.2) is 69.6 Å². The Morgan fingerprint density at radius 3 is 2.80 bits per heavy atom. The van der Waals surface area contributed by atoms with E-state index in [1.165, 1.54) is 16.7 Å². The standard InChI is InChI=1S/C17H23N5O2S/c1-2-7-22-16(14-3-5-18-6-4-14)19-20-17(22)25-13-15(23)12-21-8-10-24-11-9-21/h2-6,15,23H,1,7-13H2/p+1/t15-/m0/s1. The highest BCUT2D eigenvalue weighted by atomic mass is 32.2. The topological polar surface area (TPSA) is 77.5 Å². The number of pyridine rings is 1. The summed E-state index contributed by atoms with van der Waals surface area (Å²) in [5.74, 6) is 1.38. The number of allylic oxidation sites excluding steroid dienone is 1. The van der Waals surface area contributed by atoms with Crippen LogP contribution in [0.2, 0.25) is 0 Å². The van der Waals surface area contributed by atoms with Crippen LogP contribution in [0.5, 0.6) is 0 Å². The van der Waals surface area contributed by atoms with Crippen LogP contribution in [0.3, 0.4) is 0 Å². The van der Waals surface area contributed by atoms with Crippen LogP contribution in [0, 0.1) is 0 Å². The van der Waals surface area contributed by atoms with Crippen molar-refractivity contribution >= 4 is 11.8 Å². The summed E-state index contributed by atoms with van der Waals surface area (Å²) in [7, 11) is 0. The molecule has 1 aliphatic rings. The van der Waals surface area contributed by atoms with E-state index < -0.39 is 0 Å². The van der Waals surface area contributed by atoms with Crippen molar-refractivity contribution in [1.29, 1.82) is 0 Å². The van der Waals surface area contributed by atoms with Gasteiger partial charge in [0, 0.05) is 30.3 Å². The number of rotatable bonds is 8. The number of ether oxygens (including phenoxy) is 1. The zero-order valence-electron chi connectivity index (χ0n) is 14.2. The Morgan fingerprint density at radius 1 is 1.32 bits per heavy atom. The van der Waals surface area contributed by atoms with E-state index in [-0.39, 0.29) is 6.10 Å². The maximum Gasteiger partial charge on any atom is 0.191 e. The Kier molecular flexibility index (Phi) is 6.57. The molecule has 1 aliphatic heterocycles. The highest BCUT2D eigenvalue weighted by Gasteiger charge is 2.20. The average Bonchev–Trinajstić information content (AvgIpc) is 3.05. The third-order valence-electron chi connectivity index (χ3n) is 4.10. The minimum absolute atomic E-state index is 0.378. The normalized spacial score (nSPS) is 16.7. The van der Waals surface area contributed by atoms with Gasteiger partial charge in [-0.3, -0.25) is 9.55 Å². The van der Waals surface area contributed by atoms with Crippen molar-refractivity contribution in [3.63, 3.8) is 0 Å². The van der Waals surface area contributed by atoms with Crippen LogP contribution >= 0.6 is 11.8 Å². The molecule has 7 nitrogen and oxygen atoms in total. The number of nitrogens with one attached hydrogen (secondary N) is 1. The van der Waals surface area contributed by atoms with E-state index in [9.17, 15) is 5.11 Å². The van der Waals surface area contributed by atoms with Gasteiger partial charge in [0.2, 0.25) is 0 Å². The van der Waals surface area contributed by atoms with Crippen molar-refractivity contribution in [2.75, 3.05) is 38.6 Å². The third-order valence-corrected chi connectivity index (χ3v) is 5.21. The third kappa shape index (κ3) is 4.88. The van der Waals surface area contributed by atoms with E-state index in [0.29, 0.717) is 12.3 Å². The molecule has 3 rings (SSSR count). The first-order chi connectivity index (χ1) is 12.3. The van der Waals surface area contributed by atoms with Crippen molar-refractivity contribution in [1.82, 2.24) is 19.7 Å². The van der Waals surface area contributed by atoms with E-state index in [1.54, 1.807) is 12.4 Å². The van der Waals surface area contributed by atoms with Gasteiger partial charge >= 0.3 is 0 Å². The summed E-state index contributed by atoms with van der Waals surface area (Å²) in [5.41, 5.74) is 0.967. The van der Waals surface area contributed by atoms with Crippen molar-refractivity contribution in [2.45, 2.75) is 17.8 Å². The fraction of sp³-hybridized carbons (Fsp3) is 0.471. The lowest BCUT2D eigenvalue weighted by Gasteiger charge is -2.25. The summed E-state index contributed by atoms with van der Waals surface area (Å²) in [6, 6.07) is 3.82. The molecule has 0 amide bonds. The molecule has 0 aliphatic carbocycles. The molecule has 0 unspecified atom stereocenters. The molecule has 0 aromatic carbocycles. The number of aromatic nitrogens is 4. The number of hydrogen-bond acceptors (Lipinski definition) is 6. The predicted octanol–water partition coefficient (Wildman–Crippen LogP) is -0.106. The maximum absolute atomic E-state index is 10.3. The quantitative estimate of drug-likeness (QED) is 0.504. The summed E-state index contributed by atoms with van der Waals surface area (Å²) in [5, 5.41) is 19.7. The molecule has 0 bridgehead atoms. The lowest BCUT2D eigenvalue weighted by molar-refractivity contribution is -0.910. The molecule has 1 saturated heterocycles. The zero-order valence-corrected chi connectivity index (χ0v) is 15.0. The number of morpholine rings is 1. The molecule has 0 saturated carbocycles. The van der Waals surface area contributed by atoms with Crippen molar-refractivity contribution in [3.05, 3.63) is 37.2 Å². The van der Waals surface area contributed by atoms with Gasteiger partial charge in [-0.2, -0.15) is 0 Å². The smallest absolute Gasteiger partial charge is 0.191 e. The molecule has 134 valence electrons. The lowest BCUT2D eigenvalue weighted by Crippen LogP contribution is -3.15. The van der Waals surface area contributed by atoms with Gasteiger partial charge in [0.15, 0.2) is 11.0 Å². The molecule has 0 spiro atoms. The van der Waals surface area contributed by atoms with Gasteiger partial charge in [-0.25, -0.2) is 0 Å². The maximum atomic E-state index is 10.3. The monoisotopic (exact) mass is 362 g/mol. The Morgan fingerprint density at radius 2 is 2.08 bits per heavy atom. The molecule has 25 heavy (non-hydrogen) atoms. The fourth-order valence-electron chi connectivity index (χ4n) is 2.83. The largest absolute Gasteiger partial charge is 0.386 e. The summed E-state index contributed by atoms with van der Waals surface area (Å²) in [6.07, 6.45) is 4.93. The first-order valence-electron chi connectivity index (χ1n) is 8.44. The van der Waals surface area contributed by atoms with Crippen LogP contribution in [-0.2, 0) is 11.3 Å². The van der Waals surface area contributed by atoms with Crippen LogP contribution in [0.1, 0.15) is 0 Å². The number of hydrogen-bond donors (Lipinski definition) is 2. The highest BCUT2D eigenvalue weighted by Crippen LogP contribution is 2.24. The van der Waals surface area contributed by atoms with Gasteiger partial charge in [-0.15, -0.1) is 16.8 Å². The zero-order chi connectivity index (χ0) is 17.5. The van der Waals surface area contributed by atoms with Gasteiger partial charge in [-0.05, 0) is 12.1 Å². The molecular formula is C17H24N5O2S+. The molecule has 2 aromatic rings. The molecule has 1 fully saturated rings. The molecule has 1 atom stereocenters. The summed E-state index contributed by atoms with van der Waals surface area (Å²) < 4.78 is 7.37. The molecule has 8 heteroatoms. The molecule has 0 radical (unpaired) electrons. The fourth-order valence-corrected chi connectivity index (χ4v) is 3.71. The highest BCUT2D eigenvalue weighted by molar-refractivity contribution is 7.99. The SMILES string of the molecule is C=CCn1c(SC[C@@H](O)C[NH+]2CCOCC2)nnc1-c1ccncc1. The number of thioether (sulfide) groups is 1. The lowest BCUT2D eigenvalue weighted by atomic mass is 10.2. The minimum Gasteiger partial charge on any atom is -0.386 e. The van der Waals surface area contributed by atoms with Crippen molar-refractivity contribution in [3.8, 4) is 11.4 Å². The Balaban J connectivity index is 1.63. The Hall–Kier alpha value is -1.74. The van der Waals surface area contributed by atoms with Crippen molar-refractivity contribution in [2.24, 2.45) is 0 Å². The number of nitrogens with zero attached hydrogens (tertiary/aromatic N) is 4. The van der Waals surface area contributed by atoms with Crippen LogP contribution in [0.15, 0.2) is 42.3 Å². The van der Waals surface area contributed by atoms with Gasteiger partial charge in [0.05, 0.1) is 13.2 Å². The second-order valence-corrected chi connectivity index (χ2v) is 6.96. The Labute approximate surface area is 151 Å². The van der Waals surface area contributed by atoms with E-state index >= 15 is 0 Å². The molecule has 2 N–H and O–H groups in total. The van der Waals surface area contributed by atoms with E-state index in [4.69, 9.17) is 4.74 Å². The molecule has 3 heterocycles. The summed E-state index contributed by atoms with van der Waals surface area (Å²) >= 11 is 1.53. The van der Waals surface area contributed by atoms with E-state index in [1.807, 2.05) is 22.8 Å². The van der Waals surface area contributed by atoms with Crippen LogP contribution in [0.25, 0.3) is 11.4 Å². The molecule has 2 aromatic heterocycles. The second-order valence-electron chi connectivity index (χ2n) is 5.97. The van der Waals surface area contributed by atoms with Crippen LogP contribution < -0.4 is 4.90 Å². The van der Waals surface area contributed by atoms with E-state index in [0.717, 1.165) is 49.4 Å². The van der Waals surface area contributed by atoms with Crippen molar-refractivity contribution < 1.29 is 14.7 Å². The average molecular weight is 362 g/mol. The first kappa shape index (κ1) is 18.1. The number of quaternary nitrogens is 1. The summed E-state index contributed by atoms with van der Waals surface area (Å²) in [4.78, 5) is 5.43. The molecular weight excluding hydrogens is 338 g/mol. The number of aliphatic hydroxyl groups is 1. The number of aliphatic hydroxyl groups excluding tert-OH is 1. The summed E-state index contributed by atoms with van der Waals surface area (Å²) in [6.45, 7) is 8.65.